The topological polar surface area (TPSA) is 62.3 Å². The van der Waals surface area contributed by atoms with E-state index in [1.807, 2.05) is 24.4 Å². The second-order valence-electron chi connectivity index (χ2n) is 5.57. The molecule has 0 radical (unpaired) electrons. The summed E-state index contributed by atoms with van der Waals surface area (Å²) in [5.74, 6) is -0.118. The molecule has 0 spiro atoms. The summed E-state index contributed by atoms with van der Waals surface area (Å²) in [6.45, 7) is 3.06. The monoisotopic (exact) mass is 349 g/mol. The lowest BCUT2D eigenvalue weighted by Crippen LogP contribution is -2.51. The van der Waals surface area contributed by atoms with Crippen molar-refractivity contribution in [1.82, 2.24) is 15.2 Å². The smallest absolute Gasteiger partial charge is 0.264 e. The van der Waals surface area contributed by atoms with Crippen LogP contribution in [0.1, 0.15) is 38.8 Å². The maximum atomic E-state index is 12.6. The SMILES string of the molecule is Cc1cnc(CNC(=O)[C@H]2CCCCN2C(=O)c2cccs2)s1. The van der Waals surface area contributed by atoms with Gasteiger partial charge in [0.25, 0.3) is 5.91 Å². The van der Waals surface area contributed by atoms with Gasteiger partial charge in [0.15, 0.2) is 0 Å². The summed E-state index contributed by atoms with van der Waals surface area (Å²) in [5, 5.41) is 5.71. The number of aromatic nitrogens is 1. The van der Waals surface area contributed by atoms with Gasteiger partial charge in [-0.1, -0.05) is 6.07 Å². The van der Waals surface area contributed by atoms with E-state index in [1.54, 1.807) is 22.4 Å². The number of amides is 2. The van der Waals surface area contributed by atoms with E-state index >= 15 is 0 Å². The number of carbonyl (C=O) groups is 2. The van der Waals surface area contributed by atoms with Gasteiger partial charge in [-0.05, 0) is 37.6 Å². The van der Waals surface area contributed by atoms with E-state index < -0.39 is 0 Å². The van der Waals surface area contributed by atoms with Crippen molar-refractivity contribution < 1.29 is 9.59 Å². The number of thiophene rings is 1. The number of piperidine rings is 1. The highest BCUT2D eigenvalue weighted by molar-refractivity contribution is 7.12. The molecular formula is C16H19N3O2S2. The molecule has 7 heteroatoms. The summed E-state index contributed by atoms with van der Waals surface area (Å²) < 4.78 is 0. The number of thiazole rings is 1. The Labute approximate surface area is 143 Å². The quantitative estimate of drug-likeness (QED) is 0.923. The Bertz CT molecular complexity index is 681. The minimum absolute atomic E-state index is 0.0371. The number of aryl methyl sites for hydroxylation is 1. The minimum atomic E-state index is -0.376. The van der Waals surface area contributed by atoms with Crippen LogP contribution in [0, 0.1) is 6.92 Å². The van der Waals surface area contributed by atoms with E-state index in [2.05, 4.69) is 10.3 Å². The van der Waals surface area contributed by atoms with Crippen LogP contribution in [0.25, 0.3) is 0 Å². The zero-order chi connectivity index (χ0) is 16.2. The maximum absolute atomic E-state index is 12.6. The highest BCUT2D eigenvalue weighted by atomic mass is 32.1. The molecule has 2 amide bonds. The van der Waals surface area contributed by atoms with Gasteiger partial charge < -0.3 is 10.2 Å². The first-order valence-corrected chi connectivity index (χ1v) is 9.38. The van der Waals surface area contributed by atoms with Crippen molar-refractivity contribution in [3.05, 3.63) is 38.5 Å². The molecule has 0 unspecified atom stereocenters. The molecule has 1 N–H and O–H groups in total. The van der Waals surface area contributed by atoms with Gasteiger partial charge in [0.2, 0.25) is 5.91 Å². The fourth-order valence-electron chi connectivity index (χ4n) is 2.75. The number of likely N-dealkylation sites (tertiary alicyclic amines) is 1. The van der Waals surface area contributed by atoms with Crippen molar-refractivity contribution in [3.8, 4) is 0 Å². The van der Waals surface area contributed by atoms with Crippen molar-refractivity contribution in [2.75, 3.05) is 6.54 Å². The number of hydrogen-bond acceptors (Lipinski definition) is 5. The molecule has 1 fully saturated rings. The van der Waals surface area contributed by atoms with Gasteiger partial charge in [-0.3, -0.25) is 9.59 Å². The molecule has 2 aromatic heterocycles. The van der Waals surface area contributed by atoms with Crippen LogP contribution in [-0.4, -0.2) is 34.3 Å². The Morgan fingerprint density at radius 3 is 3.00 bits per heavy atom. The number of carbonyl (C=O) groups excluding carboxylic acids is 2. The van der Waals surface area contributed by atoms with Crippen LogP contribution in [0.5, 0.6) is 0 Å². The molecule has 1 aliphatic heterocycles. The largest absolute Gasteiger partial charge is 0.348 e. The highest BCUT2D eigenvalue weighted by Crippen LogP contribution is 2.22. The Kier molecular flexibility index (Phi) is 5.07. The van der Waals surface area contributed by atoms with Gasteiger partial charge in [0, 0.05) is 17.6 Å². The standard InChI is InChI=1S/C16H19N3O2S2/c1-11-9-17-14(23-11)10-18-15(20)12-5-2-3-7-19(12)16(21)13-6-4-8-22-13/h4,6,8-9,12H,2-3,5,7,10H2,1H3,(H,18,20)/t12-/m1/s1. The van der Waals surface area contributed by atoms with Crippen molar-refractivity contribution in [1.29, 1.82) is 0 Å². The van der Waals surface area contributed by atoms with E-state index in [0.29, 0.717) is 18.0 Å². The average molecular weight is 349 g/mol. The van der Waals surface area contributed by atoms with Crippen LogP contribution in [-0.2, 0) is 11.3 Å². The molecule has 2 aromatic rings. The third-order valence-electron chi connectivity index (χ3n) is 3.88. The zero-order valence-corrected chi connectivity index (χ0v) is 14.6. The predicted octanol–water partition coefficient (Wildman–Crippen LogP) is 2.82. The fourth-order valence-corrected chi connectivity index (χ4v) is 4.16. The first-order chi connectivity index (χ1) is 11.1. The van der Waals surface area contributed by atoms with Crippen LogP contribution >= 0.6 is 22.7 Å². The number of nitrogens with zero attached hydrogens (tertiary/aromatic N) is 2. The van der Waals surface area contributed by atoms with Gasteiger partial charge in [0.05, 0.1) is 11.4 Å². The molecule has 0 aromatic carbocycles. The van der Waals surface area contributed by atoms with Gasteiger partial charge in [0.1, 0.15) is 11.0 Å². The van der Waals surface area contributed by atoms with E-state index in [1.165, 1.54) is 11.3 Å². The van der Waals surface area contributed by atoms with Crippen molar-refractivity contribution >= 4 is 34.5 Å². The molecule has 1 saturated heterocycles. The summed E-state index contributed by atoms with van der Waals surface area (Å²) in [5.41, 5.74) is 0. The lowest BCUT2D eigenvalue weighted by Gasteiger charge is -2.34. The summed E-state index contributed by atoms with van der Waals surface area (Å²) in [4.78, 5) is 32.9. The second-order valence-corrected chi connectivity index (χ2v) is 7.84. The molecule has 0 bridgehead atoms. The summed E-state index contributed by atoms with van der Waals surface area (Å²) in [7, 11) is 0. The normalized spacial score (nSPS) is 18.0. The van der Waals surface area contributed by atoms with Crippen LogP contribution in [0.15, 0.2) is 23.7 Å². The molecule has 0 aliphatic carbocycles. The number of rotatable bonds is 4. The fraction of sp³-hybridized carbons (Fsp3) is 0.438. The Morgan fingerprint density at radius 2 is 2.30 bits per heavy atom. The minimum Gasteiger partial charge on any atom is -0.348 e. The van der Waals surface area contributed by atoms with Crippen LogP contribution in [0.4, 0.5) is 0 Å². The Balaban J connectivity index is 1.65. The van der Waals surface area contributed by atoms with Gasteiger partial charge >= 0.3 is 0 Å². The lowest BCUT2D eigenvalue weighted by atomic mass is 10.0. The van der Waals surface area contributed by atoms with Crippen LogP contribution in [0.3, 0.4) is 0 Å². The van der Waals surface area contributed by atoms with Gasteiger partial charge in [-0.2, -0.15) is 0 Å². The number of hydrogen-bond donors (Lipinski definition) is 1. The first-order valence-electron chi connectivity index (χ1n) is 7.68. The Hall–Kier alpha value is -1.73. The zero-order valence-electron chi connectivity index (χ0n) is 12.9. The molecule has 5 nitrogen and oxygen atoms in total. The third-order valence-corrected chi connectivity index (χ3v) is 5.65. The highest BCUT2D eigenvalue weighted by Gasteiger charge is 2.32. The molecule has 1 aliphatic rings. The average Bonchev–Trinajstić information content (AvgIpc) is 3.23. The molecular weight excluding hydrogens is 330 g/mol. The maximum Gasteiger partial charge on any atom is 0.264 e. The summed E-state index contributed by atoms with van der Waals surface area (Å²) in [6.07, 6.45) is 4.45. The van der Waals surface area contributed by atoms with Crippen molar-refractivity contribution in [3.63, 3.8) is 0 Å². The molecule has 3 rings (SSSR count). The second kappa shape index (κ2) is 7.23. The predicted molar refractivity (Wildman–Crippen MR) is 91.7 cm³/mol. The Morgan fingerprint density at radius 1 is 1.43 bits per heavy atom. The summed E-state index contributed by atoms with van der Waals surface area (Å²) >= 11 is 3.00. The van der Waals surface area contributed by atoms with E-state index in [9.17, 15) is 9.59 Å². The molecule has 122 valence electrons. The summed E-state index contributed by atoms with van der Waals surface area (Å²) in [6, 6.07) is 3.30. The van der Waals surface area contributed by atoms with Crippen LogP contribution < -0.4 is 5.32 Å². The molecule has 3 heterocycles. The van der Waals surface area contributed by atoms with Crippen LogP contribution in [0.2, 0.25) is 0 Å². The van der Waals surface area contributed by atoms with Crippen molar-refractivity contribution in [2.45, 2.75) is 38.8 Å². The number of nitrogens with one attached hydrogen (secondary N) is 1. The van der Waals surface area contributed by atoms with Crippen molar-refractivity contribution in [2.24, 2.45) is 0 Å². The van der Waals surface area contributed by atoms with Gasteiger partial charge in [-0.25, -0.2) is 4.98 Å². The van der Waals surface area contributed by atoms with E-state index in [4.69, 9.17) is 0 Å². The molecule has 23 heavy (non-hydrogen) atoms. The third kappa shape index (κ3) is 3.79. The van der Waals surface area contributed by atoms with Gasteiger partial charge in [-0.15, -0.1) is 22.7 Å². The first kappa shape index (κ1) is 16.1. The lowest BCUT2D eigenvalue weighted by molar-refractivity contribution is -0.126. The molecule has 0 saturated carbocycles. The molecule has 1 atom stereocenters. The van der Waals surface area contributed by atoms with E-state index in [0.717, 1.165) is 29.1 Å². The van der Waals surface area contributed by atoms with E-state index in [-0.39, 0.29) is 17.9 Å².